The van der Waals surface area contributed by atoms with Crippen LogP contribution in [0.15, 0.2) is 18.2 Å². The second-order valence-electron chi connectivity index (χ2n) is 7.29. The number of carbonyl (C=O) groups excluding carboxylic acids is 1. The molecular weight excluding hydrogens is 326 g/mol. The Labute approximate surface area is 154 Å². The minimum Gasteiger partial charge on any atom is -0.497 e. The van der Waals surface area contributed by atoms with Crippen LogP contribution in [-0.4, -0.2) is 23.0 Å². The molecule has 1 aromatic carbocycles. The molecule has 26 heavy (non-hydrogen) atoms. The molecule has 1 aromatic heterocycles. The monoisotopic (exact) mass is 351 g/mol. The number of hydrogen-bond acceptors (Lipinski definition) is 4. The van der Waals surface area contributed by atoms with Gasteiger partial charge in [-0.3, -0.25) is 4.79 Å². The second-order valence-corrected chi connectivity index (χ2v) is 7.29. The summed E-state index contributed by atoms with van der Waals surface area (Å²) < 4.78 is 5.37. The smallest absolute Gasteiger partial charge is 0.222 e. The molecule has 1 saturated carbocycles. The molecule has 1 fully saturated rings. The predicted octanol–water partition coefficient (Wildman–Crippen LogP) is 4.26. The molecule has 0 atom stereocenters. The normalized spacial score (nSPS) is 16.5. The molecule has 0 spiro atoms. The number of ether oxygens (including phenoxy) is 1. The number of nitrogens with one attached hydrogen (secondary N) is 1. The number of nitrogens with zero attached hydrogens (tertiary/aromatic N) is 2. The number of aryl methyl sites for hydroxylation is 2. The maximum atomic E-state index is 11.7. The first-order valence-corrected chi connectivity index (χ1v) is 9.51. The lowest BCUT2D eigenvalue weighted by molar-refractivity contribution is -0.114. The number of hydrogen-bond donors (Lipinski definition) is 1. The second kappa shape index (κ2) is 7.06. The molecule has 5 nitrogen and oxygen atoms in total. The van der Waals surface area contributed by atoms with Crippen molar-refractivity contribution >= 4 is 11.7 Å². The summed E-state index contributed by atoms with van der Waals surface area (Å²) in [6, 6.07) is 6.17. The zero-order valence-corrected chi connectivity index (χ0v) is 15.5. The van der Waals surface area contributed by atoms with Gasteiger partial charge in [-0.15, -0.1) is 0 Å². The molecule has 5 heteroatoms. The average Bonchev–Trinajstić information content (AvgIpc) is 2.67. The van der Waals surface area contributed by atoms with Crippen molar-refractivity contribution < 1.29 is 9.53 Å². The molecule has 0 unspecified atom stereocenters. The van der Waals surface area contributed by atoms with Crippen LogP contribution in [-0.2, 0) is 17.6 Å². The Kier molecular flexibility index (Phi) is 4.62. The topological polar surface area (TPSA) is 64.1 Å². The van der Waals surface area contributed by atoms with Gasteiger partial charge in [-0.25, -0.2) is 9.97 Å². The van der Waals surface area contributed by atoms with Crippen LogP contribution < -0.4 is 10.1 Å². The van der Waals surface area contributed by atoms with Gasteiger partial charge < -0.3 is 10.1 Å². The number of carbonyl (C=O) groups is 1. The number of fused-ring (bicyclic) bond motifs is 3. The van der Waals surface area contributed by atoms with Crippen LogP contribution in [0.25, 0.3) is 11.3 Å². The molecular formula is C21H25N3O2. The third kappa shape index (κ3) is 3.18. The van der Waals surface area contributed by atoms with E-state index in [2.05, 4.69) is 17.4 Å². The molecule has 1 N–H and O–H groups in total. The lowest BCUT2D eigenvalue weighted by atomic mass is 9.85. The highest BCUT2D eigenvalue weighted by atomic mass is 16.5. The largest absolute Gasteiger partial charge is 0.497 e. The van der Waals surface area contributed by atoms with Crippen molar-refractivity contribution in [3.8, 4) is 17.0 Å². The van der Waals surface area contributed by atoms with E-state index in [0.29, 0.717) is 11.7 Å². The molecule has 0 aliphatic heterocycles. The van der Waals surface area contributed by atoms with E-state index < -0.39 is 0 Å². The van der Waals surface area contributed by atoms with Crippen molar-refractivity contribution in [2.45, 2.75) is 57.8 Å². The summed E-state index contributed by atoms with van der Waals surface area (Å²) in [5, 5.41) is 2.93. The Morgan fingerprint density at radius 1 is 1.15 bits per heavy atom. The third-order valence-corrected chi connectivity index (χ3v) is 5.48. The average molecular weight is 351 g/mol. The number of benzene rings is 1. The van der Waals surface area contributed by atoms with Crippen LogP contribution in [0, 0.1) is 0 Å². The molecule has 2 aliphatic carbocycles. The standard InChI is InChI=1S/C21H25N3O2/c1-13(25)22-21-19(14-6-4-3-5-7-14)24-20-17-10-9-16(26-2)12-15(17)8-11-18(20)23-21/h9-10,12,14H,3-8,11H2,1-2H3,(H,22,23,25). The number of methoxy groups -OCH3 is 1. The van der Waals surface area contributed by atoms with Gasteiger partial charge in [-0.05, 0) is 49.4 Å². The van der Waals surface area contributed by atoms with E-state index in [-0.39, 0.29) is 5.91 Å². The molecule has 0 saturated heterocycles. The van der Waals surface area contributed by atoms with Crippen LogP contribution in [0.1, 0.15) is 61.9 Å². The van der Waals surface area contributed by atoms with Gasteiger partial charge in [-0.1, -0.05) is 19.3 Å². The van der Waals surface area contributed by atoms with Crippen LogP contribution in [0.3, 0.4) is 0 Å². The van der Waals surface area contributed by atoms with Crippen molar-refractivity contribution in [1.82, 2.24) is 9.97 Å². The molecule has 0 radical (unpaired) electrons. The van der Waals surface area contributed by atoms with E-state index in [1.807, 2.05) is 6.07 Å². The molecule has 4 rings (SSSR count). The molecule has 1 amide bonds. The Morgan fingerprint density at radius 2 is 1.96 bits per heavy atom. The van der Waals surface area contributed by atoms with Gasteiger partial charge in [0.2, 0.25) is 5.91 Å². The maximum Gasteiger partial charge on any atom is 0.222 e. The molecule has 136 valence electrons. The number of rotatable bonds is 3. The fourth-order valence-corrected chi connectivity index (χ4v) is 4.18. The molecule has 2 aliphatic rings. The summed E-state index contributed by atoms with van der Waals surface area (Å²) in [6.45, 7) is 1.54. The van der Waals surface area contributed by atoms with E-state index in [0.717, 1.165) is 54.1 Å². The molecule has 0 bridgehead atoms. The predicted molar refractivity (Wildman–Crippen MR) is 102 cm³/mol. The highest BCUT2D eigenvalue weighted by molar-refractivity contribution is 5.88. The quantitative estimate of drug-likeness (QED) is 0.897. The van der Waals surface area contributed by atoms with Crippen LogP contribution in [0.5, 0.6) is 5.75 Å². The maximum absolute atomic E-state index is 11.7. The van der Waals surface area contributed by atoms with E-state index in [9.17, 15) is 4.79 Å². The summed E-state index contributed by atoms with van der Waals surface area (Å²) >= 11 is 0. The lowest BCUT2D eigenvalue weighted by Gasteiger charge is -2.26. The van der Waals surface area contributed by atoms with Gasteiger partial charge in [0.15, 0.2) is 5.82 Å². The SMILES string of the molecule is COc1ccc2c(c1)CCc1nc(NC(C)=O)c(C3CCCCC3)nc1-2. The highest BCUT2D eigenvalue weighted by Crippen LogP contribution is 2.39. The van der Waals surface area contributed by atoms with Crippen LogP contribution in [0.4, 0.5) is 5.82 Å². The zero-order chi connectivity index (χ0) is 18.1. The molecule has 1 heterocycles. The Bertz CT molecular complexity index is 841. The summed E-state index contributed by atoms with van der Waals surface area (Å²) in [5.41, 5.74) is 5.32. The summed E-state index contributed by atoms with van der Waals surface area (Å²) in [7, 11) is 1.69. The first-order chi connectivity index (χ1) is 12.7. The van der Waals surface area contributed by atoms with Crippen molar-refractivity contribution in [2.75, 3.05) is 12.4 Å². The van der Waals surface area contributed by atoms with Gasteiger partial charge in [0.05, 0.1) is 24.2 Å². The van der Waals surface area contributed by atoms with E-state index in [4.69, 9.17) is 14.7 Å². The number of amides is 1. The van der Waals surface area contributed by atoms with Crippen molar-refractivity contribution in [1.29, 1.82) is 0 Å². The van der Waals surface area contributed by atoms with E-state index in [1.165, 1.54) is 31.7 Å². The van der Waals surface area contributed by atoms with Gasteiger partial charge in [0, 0.05) is 18.4 Å². The van der Waals surface area contributed by atoms with Crippen molar-refractivity contribution in [2.24, 2.45) is 0 Å². The Morgan fingerprint density at radius 3 is 2.69 bits per heavy atom. The highest BCUT2D eigenvalue weighted by Gasteiger charge is 2.27. The summed E-state index contributed by atoms with van der Waals surface area (Å²) in [4.78, 5) is 21.6. The summed E-state index contributed by atoms with van der Waals surface area (Å²) in [5.74, 6) is 1.84. The van der Waals surface area contributed by atoms with Gasteiger partial charge >= 0.3 is 0 Å². The van der Waals surface area contributed by atoms with Gasteiger partial charge in [0.25, 0.3) is 0 Å². The zero-order valence-electron chi connectivity index (χ0n) is 15.5. The Balaban J connectivity index is 1.81. The van der Waals surface area contributed by atoms with Crippen molar-refractivity contribution in [3.63, 3.8) is 0 Å². The first kappa shape index (κ1) is 17.0. The van der Waals surface area contributed by atoms with Crippen LogP contribution in [0.2, 0.25) is 0 Å². The van der Waals surface area contributed by atoms with E-state index >= 15 is 0 Å². The fraction of sp³-hybridized carbons (Fsp3) is 0.476. The lowest BCUT2D eigenvalue weighted by Crippen LogP contribution is -2.19. The molecule has 2 aromatic rings. The first-order valence-electron chi connectivity index (χ1n) is 9.51. The van der Waals surface area contributed by atoms with Gasteiger partial charge in [-0.2, -0.15) is 0 Å². The van der Waals surface area contributed by atoms with Crippen LogP contribution >= 0.6 is 0 Å². The third-order valence-electron chi connectivity index (χ3n) is 5.48. The van der Waals surface area contributed by atoms with E-state index in [1.54, 1.807) is 7.11 Å². The number of anilines is 1. The minimum absolute atomic E-state index is 0.0859. The van der Waals surface area contributed by atoms with Gasteiger partial charge in [0.1, 0.15) is 5.75 Å². The Hall–Kier alpha value is -2.43. The fourth-order valence-electron chi connectivity index (χ4n) is 4.18. The van der Waals surface area contributed by atoms with Crippen molar-refractivity contribution in [3.05, 3.63) is 35.2 Å². The minimum atomic E-state index is -0.0859. The number of aromatic nitrogens is 2. The summed E-state index contributed by atoms with van der Waals surface area (Å²) in [6.07, 6.45) is 7.71.